The zero-order chi connectivity index (χ0) is 16.2. The van der Waals surface area contributed by atoms with E-state index in [0.29, 0.717) is 5.56 Å². The van der Waals surface area contributed by atoms with Crippen LogP contribution in [0, 0.1) is 5.82 Å². The Morgan fingerprint density at radius 3 is 1.91 bits per heavy atom. The number of aromatic hydroxyl groups is 1. The second-order valence-electron chi connectivity index (χ2n) is 5.69. The van der Waals surface area contributed by atoms with Crippen molar-refractivity contribution in [3.8, 4) is 28.0 Å². The number of phenols is 1. The lowest BCUT2D eigenvalue weighted by molar-refractivity contribution is 0.475. The van der Waals surface area contributed by atoms with Crippen LogP contribution in [0.2, 0.25) is 0 Å². The molecule has 0 saturated heterocycles. The Hall–Kier alpha value is -2.61. The molecule has 23 heavy (non-hydrogen) atoms. The molecule has 0 aromatic heterocycles. The highest BCUT2D eigenvalue weighted by atomic mass is 19.1. The van der Waals surface area contributed by atoms with Crippen molar-refractivity contribution in [2.24, 2.45) is 0 Å². The molecule has 0 aliphatic carbocycles. The fourth-order valence-electron chi connectivity index (χ4n) is 2.73. The topological polar surface area (TPSA) is 20.2 Å². The molecule has 1 nitrogen and oxygen atoms in total. The van der Waals surface area contributed by atoms with Crippen molar-refractivity contribution in [1.29, 1.82) is 0 Å². The third-order valence-corrected chi connectivity index (χ3v) is 3.97. The summed E-state index contributed by atoms with van der Waals surface area (Å²) in [5.41, 5.74) is 4.59. The molecule has 0 bridgehead atoms. The summed E-state index contributed by atoms with van der Waals surface area (Å²) in [6, 6.07) is 20.3. The molecule has 0 aliphatic heterocycles. The van der Waals surface area contributed by atoms with Gasteiger partial charge in [0, 0.05) is 5.56 Å². The van der Waals surface area contributed by atoms with Gasteiger partial charge in [-0.2, -0.15) is 0 Å². The average Bonchev–Trinajstić information content (AvgIpc) is 2.56. The zero-order valence-electron chi connectivity index (χ0n) is 13.1. The van der Waals surface area contributed by atoms with Crippen LogP contribution in [-0.2, 0) is 6.42 Å². The van der Waals surface area contributed by atoms with E-state index in [0.717, 1.165) is 35.1 Å². The van der Waals surface area contributed by atoms with Gasteiger partial charge >= 0.3 is 0 Å². The monoisotopic (exact) mass is 306 g/mol. The van der Waals surface area contributed by atoms with Gasteiger partial charge in [-0.1, -0.05) is 61.9 Å². The molecule has 0 saturated carbocycles. The normalized spacial score (nSPS) is 10.7. The van der Waals surface area contributed by atoms with Crippen LogP contribution >= 0.6 is 0 Å². The van der Waals surface area contributed by atoms with Crippen molar-refractivity contribution in [2.75, 3.05) is 0 Å². The third-order valence-electron chi connectivity index (χ3n) is 3.97. The Labute approximate surface area is 136 Å². The summed E-state index contributed by atoms with van der Waals surface area (Å²) < 4.78 is 14.3. The van der Waals surface area contributed by atoms with Gasteiger partial charge in [-0.3, -0.25) is 0 Å². The Balaban J connectivity index is 1.89. The van der Waals surface area contributed by atoms with Crippen molar-refractivity contribution in [1.82, 2.24) is 0 Å². The standard InChI is InChI=1S/C21H19FO/c1-2-3-15-4-13-20(21(22)14-15)18-7-5-16(6-8-18)17-9-11-19(23)12-10-17/h4-14,23H,2-3H2,1H3. The minimum absolute atomic E-state index is 0.173. The van der Waals surface area contributed by atoms with Gasteiger partial charge < -0.3 is 5.11 Å². The van der Waals surface area contributed by atoms with E-state index in [1.807, 2.05) is 48.5 Å². The minimum Gasteiger partial charge on any atom is -0.508 e. The minimum atomic E-state index is -0.173. The van der Waals surface area contributed by atoms with E-state index < -0.39 is 0 Å². The molecule has 0 spiro atoms. The molecule has 3 aromatic rings. The zero-order valence-corrected chi connectivity index (χ0v) is 13.1. The molecule has 1 N–H and O–H groups in total. The first-order valence-electron chi connectivity index (χ1n) is 7.85. The Morgan fingerprint density at radius 1 is 0.783 bits per heavy atom. The van der Waals surface area contributed by atoms with Crippen LogP contribution in [0.25, 0.3) is 22.3 Å². The molecule has 0 fully saturated rings. The van der Waals surface area contributed by atoms with Crippen LogP contribution in [0.1, 0.15) is 18.9 Å². The van der Waals surface area contributed by atoms with Gasteiger partial charge in [0.25, 0.3) is 0 Å². The number of phenolic OH excluding ortho intramolecular Hbond substituents is 1. The Kier molecular flexibility index (Phi) is 4.42. The summed E-state index contributed by atoms with van der Waals surface area (Å²) in [6.45, 7) is 2.09. The molecule has 3 aromatic carbocycles. The number of hydrogen-bond acceptors (Lipinski definition) is 1. The lowest BCUT2D eigenvalue weighted by atomic mass is 9.98. The molecule has 3 rings (SSSR count). The number of aryl methyl sites for hydroxylation is 1. The highest BCUT2D eigenvalue weighted by molar-refractivity contribution is 5.71. The Bertz CT molecular complexity index is 789. The first kappa shape index (κ1) is 15.3. The van der Waals surface area contributed by atoms with E-state index in [-0.39, 0.29) is 11.6 Å². The fourth-order valence-corrected chi connectivity index (χ4v) is 2.73. The van der Waals surface area contributed by atoms with E-state index in [1.54, 1.807) is 18.2 Å². The van der Waals surface area contributed by atoms with Crippen LogP contribution in [0.3, 0.4) is 0 Å². The predicted molar refractivity (Wildman–Crippen MR) is 92.9 cm³/mol. The quantitative estimate of drug-likeness (QED) is 0.644. The summed E-state index contributed by atoms with van der Waals surface area (Å²) in [4.78, 5) is 0. The van der Waals surface area contributed by atoms with Crippen molar-refractivity contribution in [3.05, 3.63) is 78.1 Å². The maximum Gasteiger partial charge on any atom is 0.131 e. The first-order valence-corrected chi connectivity index (χ1v) is 7.85. The molecular formula is C21H19FO. The largest absolute Gasteiger partial charge is 0.508 e. The van der Waals surface area contributed by atoms with Gasteiger partial charge in [-0.05, 0) is 46.9 Å². The van der Waals surface area contributed by atoms with Crippen LogP contribution < -0.4 is 0 Å². The summed E-state index contributed by atoms with van der Waals surface area (Å²) in [5, 5.41) is 9.35. The average molecular weight is 306 g/mol. The van der Waals surface area contributed by atoms with Crippen LogP contribution in [0.5, 0.6) is 5.75 Å². The van der Waals surface area contributed by atoms with E-state index in [1.165, 1.54) is 0 Å². The second-order valence-corrected chi connectivity index (χ2v) is 5.69. The highest BCUT2D eigenvalue weighted by Crippen LogP contribution is 2.28. The smallest absolute Gasteiger partial charge is 0.131 e. The SMILES string of the molecule is CCCc1ccc(-c2ccc(-c3ccc(O)cc3)cc2)c(F)c1. The lowest BCUT2D eigenvalue weighted by Gasteiger charge is -2.08. The van der Waals surface area contributed by atoms with E-state index >= 15 is 0 Å². The summed E-state index contributed by atoms with van der Waals surface area (Å²) in [5.74, 6) is 0.0768. The lowest BCUT2D eigenvalue weighted by Crippen LogP contribution is -1.89. The number of hydrogen-bond donors (Lipinski definition) is 1. The second kappa shape index (κ2) is 6.66. The molecule has 0 amide bonds. The third kappa shape index (κ3) is 3.42. The van der Waals surface area contributed by atoms with Crippen LogP contribution in [0.4, 0.5) is 4.39 Å². The molecule has 0 aliphatic rings. The molecule has 0 radical (unpaired) electrons. The van der Waals surface area contributed by atoms with Crippen molar-refractivity contribution >= 4 is 0 Å². The van der Waals surface area contributed by atoms with Crippen molar-refractivity contribution < 1.29 is 9.50 Å². The molecule has 0 atom stereocenters. The van der Waals surface area contributed by atoms with Gasteiger partial charge in [0.05, 0.1) is 0 Å². The maximum atomic E-state index is 14.3. The summed E-state index contributed by atoms with van der Waals surface area (Å²) in [7, 11) is 0. The highest BCUT2D eigenvalue weighted by Gasteiger charge is 2.07. The Morgan fingerprint density at radius 2 is 1.35 bits per heavy atom. The van der Waals surface area contributed by atoms with Crippen LogP contribution in [-0.4, -0.2) is 5.11 Å². The van der Waals surface area contributed by atoms with Gasteiger partial charge in [0.15, 0.2) is 0 Å². The fraction of sp³-hybridized carbons (Fsp3) is 0.143. The predicted octanol–water partition coefficient (Wildman–Crippen LogP) is 5.82. The van der Waals surface area contributed by atoms with E-state index in [4.69, 9.17) is 0 Å². The number of rotatable bonds is 4. The molecule has 2 heteroatoms. The van der Waals surface area contributed by atoms with Gasteiger partial charge in [0.2, 0.25) is 0 Å². The first-order chi connectivity index (χ1) is 11.2. The van der Waals surface area contributed by atoms with Gasteiger partial charge in [0.1, 0.15) is 11.6 Å². The van der Waals surface area contributed by atoms with Crippen LogP contribution in [0.15, 0.2) is 66.7 Å². The number of halogens is 1. The van der Waals surface area contributed by atoms with Gasteiger partial charge in [-0.15, -0.1) is 0 Å². The molecule has 0 heterocycles. The maximum absolute atomic E-state index is 14.3. The molecule has 0 unspecified atom stereocenters. The molecular weight excluding hydrogens is 287 g/mol. The van der Waals surface area contributed by atoms with Gasteiger partial charge in [-0.25, -0.2) is 4.39 Å². The number of benzene rings is 3. The summed E-state index contributed by atoms with van der Waals surface area (Å²) >= 11 is 0. The van der Waals surface area contributed by atoms with E-state index in [9.17, 15) is 9.50 Å². The van der Waals surface area contributed by atoms with Crippen molar-refractivity contribution in [3.63, 3.8) is 0 Å². The van der Waals surface area contributed by atoms with Crippen molar-refractivity contribution in [2.45, 2.75) is 19.8 Å². The molecule has 116 valence electrons. The van der Waals surface area contributed by atoms with E-state index in [2.05, 4.69) is 6.92 Å². The summed E-state index contributed by atoms with van der Waals surface area (Å²) in [6.07, 6.45) is 1.91.